The summed E-state index contributed by atoms with van der Waals surface area (Å²) >= 11 is 4.73. The average molecular weight is 574 g/mol. The second-order valence-electron chi connectivity index (χ2n) is 9.11. The minimum absolute atomic E-state index is 0.123. The van der Waals surface area contributed by atoms with Gasteiger partial charge >= 0.3 is 0 Å². The lowest BCUT2D eigenvalue weighted by Gasteiger charge is -2.36. The number of aromatic nitrogens is 4. The van der Waals surface area contributed by atoms with Gasteiger partial charge in [-0.25, -0.2) is 14.1 Å². The summed E-state index contributed by atoms with van der Waals surface area (Å²) in [5.74, 6) is -0.500. The molecule has 186 valence electrons. The van der Waals surface area contributed by atoms with Crippen molar-refractivity contribution in [2.45, 2.75) is 47.2 Å². The summed E-state index contributed by atoms with van der Waals surface area (Å²) in [5.41, 5.74) is 0.626. The van der Waals surface area contributed by atoms with Crippen molar-refractivity contribution in [2.75, 3.05) is 13.7 Å². The number of methoxy groups -OCH3 is 1. The van der Waals surface area contributed by atoms with E-state index in [-0.39, 0.29) is 30.1 Å². The molecule has 0 amide bonds. The Balaban J connectivity index is 1.33. The lowest BCUT2D eigenvalue weighted by molar-refractivity contribution is -0.146. The number of rotatable bonds is 5. The first-order valence-electron chi connectivity index (χ1n) is 11.3. The van der Waals surface area contributed by atoms with Crippen LogP contribution in [0.5, 0.6) is 0 Å². The Morgan fingerprint density at radius 1 is 1.39 bits per heavy atom. The van der Waals surface area contributed by atoms with Crippen molar-refractivity contribution < 1.29 is 23.7 Å². The van der Waals surface area contributed by atoms with E-state index in [4.69, 9.17) is 14.2 Å². The molecule has 1 aromatic carbocycles. The lowest BCUT2D eigenvalue weighted by atomic mass is 10.0. The van der Waals surface area contributed by atoms with Crippen molar-refractivity contribution in [2.24, 2.45) is 5.92 Å². The number of hydrogen-bond acceptors (Lipinski definition) is 9. The number of aliphatic hydroxyl groups is 1. The summed E-state index contributed by atoms with van der Waals surface area (Å²) in [5, 5.41) is 28.9. The fourth-order valence-electron chi connectivity index (χ4n) is 5.40. The van der Waals surface area contributed by atoms with Crippen molar-refractivity contribution in [3.05, 3.63) is 58.2 Å². The minimum Gasteiger partial charge on any atom is -0.388 e. The van der Waals surface area contributed by atoms with Gasteiger partial charge in [0, 0.05) is 34.2 Å². The standard InChI is InChI=1S/C24H21BrFN5O4S/c1-11-3-4-12(5-14(11)26)16-9-31(30-29-16)21-19-20(33-2)23(35-22-17(32)10-34-24(19,21)22)36-18-6-13(25)8-28-15(18)7-27/h3-6,8-9,17,19-23,32H,10H2,1-2H3/t17?,19-,20?,21?,22?,23+,24?/m0/s1. The first-order valence-corrected chi connectivity index (χ1v) is 13.0. The van der Waals surface area contributed by atoms with E-state index in [0.29, 0.717) is 21.7 Å². The van der Waals surface area contributed by atoms with Crippen LogP contribution in [0.15, 0.2) is 46.0 Å². The van der Waals surface area contributed by atoms with Gasteiger partial charge in [0.15, 0.2) is 5.69 Å². The molecule has 9 nitrogen and oxygen atoms in total. The fraction of sp³-hybridized carbons (Fsp3) is 0.417. The van der Waals surface area contributed by atoms with Gasteiger partial charge in [-0.3, -0.25) is 0 Å². The van der Waals surface area contributed by atoms with Crippen LogP contribution in [0.4, 0.5) is 4.39 Å². The van der Waals surface area contributed by atoms with Gasteiger partial charge in [-0.2, -0.15) is 5.26 Å². The van der Waals surface area contributed by atoms with Crippen LogP contribution >= 0.6 is 27.7 Å². The Hall–Kier alpha value is -2.40. The highest BCUT2D eigenvalue weighted by molar-refractivity contribution is 9.10. The maximum absolute atomic E-state index is 14.1. The summed E-state index contributed by atoms with van der Waals surface area (Å²) in [6, 6.07) is 8.56. The number of nitriles is 1. The molecule has 0 radical (unpaired) electrons. The third-order valence-electron chi connectivity index (χ3n) is 7.12. The SMILES string of the molecule is COC1[C@H]2C(n3cc(-c4ccc(C)c(F)c4)nn3)C23OCC(O)C3O[C@@H]1Sc1cc(Br)cnc1C#N. The monoisotopic (exact) mass is 573 g/mol. The second kappa shape index (κ2) is 8.86. The molecular weight excluding hydrogens is 553 g/mol. The van der Waals surface area contributed by atoms with Gasteiger partial charge in [0.1, 0.15) is 46.9 Å². The Kier molecular flexibility index (Phi) is 5.90. The third-order valence-corrected chi connectivity index (χ3v) is 8.73. The average Bonchev–Trinajstić information content (AvgIpc) is 3.12. The quantitative estimate of drug-likeness (QED) is 0.491. The third kappa shape index (κ3) is 3.60. The molecule has 7 atom stereocenters. The Morgan fingerprint density at radius 3 is 2.97 bits per heavy atom. The summed E-state index contributed by atoms with van der Waals surface area (Å²) in [6.07, 6.45) is 1.44. The molecule has 1 spiro atoms. The number of benzene rings is 1. The highest BCUT2D eigenvalue weighted by Crippen LogP contribution is 2.68. The van der Waals surface area contributed by atoms with E-state index in [1.165, 1.54) is 17.8 Å². The van der Waals surface area contributed by atoms with Gasteiger partial charge in [0.25, 0.3) is 0 Å². The molecular formula is C24H21BrFN5O4S. The number of nitrogens with zero attached hydrogens (tertiary/aromatic N) is 5. The summed E-state index contributed by atoms with van der Waals surface area (Å²) in [6.45, 7) is 1.83. The zero-order valence-corrected chi connectivity index (χ0v) is 21.6. The zero-order chi connectivity index (χ0) is 25.2. The predicted octanol–water partition coefficient (Wildman–Crippen LogP) is 3.25. The molecule has 1 N–H and O–H groups in total. The van der Waals surface area contributed by atoms with E-state index in [9.17, 15) is 14.8 Å². The molecule has 2 aliphatic heterocycles. The molecule has 3 fully saturated rings. The predicted molar refractivity (Wildman–Crippen MR) is 129 cm³/mol. The molecule has 4 heterocycles. The highest BCUT2D eigenvalue weighted by Gasteiger charge is 2.81. The molecule has 5 unspecified atom stereocenters. The smallest absolute Gasteiger partial charge is 0.154 e. The molecule has 1 saturated carbocycles. The van der Waals surface area contributed by atoms with Gasteiger partial charge < -0.3 is 19.3 Å². The summed E-state index contributed by atoms with van der Waals surface area (Å²) in [4.78, 5) is 4.82. The Morgan fingerprint density at radius 2 is 2.22 bits per heavy atom. The normalized spacial score (nSPS) is 32.6. The number of hydrogen-bond donors (Lipinski definition) is 1. The number of aryl methyl sites for hydroxylation is 1. The first kappa shape index (κ1) is 24.0. The molecule has 3 aromatic rings. The molecule has 2 saturated heterocycles. The first-order chi connectivity index (χ1) is 17.4. The van der Waals surface area contributed by atoms with E-state index in [1.54, 1.807) is 43.2 Å². The number of thioether (sulfide) groups is 1. The van der Waals surface area contributed by atoms with Crippen molar-refractivity contribution in [3.63, 3.8) is 0 Å². The molecule has 3 aliphatic rings. The number of aliphatic hydroxyl groups excluding tert-OH is 1. The lowest BCUT2D eigenvalue weighted by Crippen LogP contribution is -2.49. The Bertz CT molecular complexity index is 1380. The molecule has 12 heteroatoms. The van der Waals surface area contributed by atoms with Crippen molar-refractivity contribution in [1.29, 1.82) is 5.26 Å². The molecule has 0 bridgehead atoms. The van der Waals surface area contributed by atoms with E-state index in [0.717, 1.165) is 4.47 Å². The summed E-state index contributed by atoms with van der Waals surface area (Å²) < 4.78 is 35.0. The van der Waals surface area contributed by atoms with Gasteiger partial charge in [-0.1, -0.05) is 29.1 Å². The number of ether oxygens (including phenoxy) is 3. The van der Waals surface area contributed by atoms with E-state index >= 15 is 0 Å². The highest BCUT2D eigenvalue weighted by atomic mass is 79.9. The van der Waals surface area contributed by atoms with Crippen molar-refractivity contribution in [3.8, 4) is 17.3 Å². The molecule has 6 rings (SSSR count). The summed E-state index contributed by atoms with van der Waals surface area (Å²) in [7, 11) is 1.60. The van der Waals surface area contributed by atoms with Crippen LogP contribution in [-0.4, -0.2) is 68.2 Å². The van der Waals surface area contributed by atoms with Crippen LogP contribution in [0, 0.1) is 30.0 Å². The number of pyridine rings is 1. The van der Waals surface area contributed by atoms with E-state index < -0.39 is 29.3 Å². The van der Waals surface area contributed by atoms with Gasteiger partial charge in [0.2, 0.25) is 0 Å². The minimum atomic E-state index is -0.830. The van der Waals surface area contributed by atoms with Crippen LogP contribution in [0.3, 0.4) is 0 Å². The van der Waals surface area contributed by atoms with Gasteiger partial charge in [-0.05, 0) is 40.5 Å². The van der Waals surface area contributed by atoms with Gasteiger partial charge in [0.05, 0.1) is 18.8 Å². The topological polar surface area (TPSA) is 115 Å². The van der Waals surface area contributed by atoms with Crippen molar-refractivity contribution >= 4 is 27.7 Å². The van der Waals surface area contributed by atoms with Crippen molar-refractivity contribution in [1.82, 2.24) is 20.0 Å². The largest absolute Gasteiger partial charge is 0.388 e. The molecule has 36 heavy (non-hydrogen) atoms. The van der Waals surface area contributed by atoms with Crippen LogP contribution in [0.25, 0.3) is 11.3 Å². The van der Waals surface area contributed by atoms with E-state index in [1.807, 2.05) is 6.07 Å². The van der Waals surface area contributed by atoms with Gasteiger partial charge in [-0.15, -0.1) is 5.10 Å². The van der Waals surface area contributed by atoms with Crippen LogP contribution < -0.4 is 0 Å². The molecule has 2 aromatic heterocycles. The fourth-order valence-corrected chi connectivity index (χ4v) is 7.12. The van der Waals surface area contributed by atoms with Crippen LogP contribution in [0.1, 0.15) is 17.3 Å². The second-order valence-corrected chi connectivity index (χ2v) is 11.2. The molecule has 1 aliphatic carbocycles. The Labute approximate surface area is 218 Å². The van der Waals surface area contributed by atoms with Crippen LogP contribution in [0.2, 0.25) is 0 Å². The maximum Gasteiger partial charge on any atom is 0.154 e. The van der Waals surface area contributed by atoms with E-state index in [2.05, 4.69) is 37.3 Å². The maximum atomic E-state index is 14.1. The van der Waals surface area contributed by atoms with Crippen LogP contribution in [-0.2, 0) is 14.2 Å². The number of halogens is 2. The zero-order valence-electron chi connectivity index (χ0n) is 19.2.